The van der Waals surface area contributed by atoms with E-state index in [1.807, 2.05) is 50.2 Å². The fraction of sp³-hybridized carbons (Fsp3) is 0.536. The number of hydrogen-bond donors (Lipinski definition) is 0. The number of benzene rings is 1. The molecule has 1 aromatic carbocycles. The maximum Gasteiger partial charge on any atom is 0.327 e. The Balaban J connectivity index is 0.000000420. The largest absolute Gasteiger partial charge is 0.378 e. The van der Waals surface area contributed by atoms with Crippen molar-refractivity contribution in [1.82, 2.24) is 9.80 Å². The zero-order valence-corrected chi connectivity index (χ0v) is 22.9. The number of anilines is 1. The molecule has 2 aliphatic heterocycles. The molecule has 4 atom stereocenters. The molecule has 35 heavy (non-hydrogen) atoms. The van der Waals surface area contributed by atoms with E-state index in [9.17, 15) is 14.4 Å². The highest BCUT2D eigenvalue weighted by atomic mass is 32.1. The van der Waals surface area contributed by atoms with Crippen LogP contribution in [0.25, 0.3) is 0 Å². The van der Waals surface area contributed by atoms with Crippen LogP contribution < -0.4 is 4.90 Å². The Bertz CT molecular complexity index is 1030. The van der Waals surface area contributed by atoms with Crippen molar-refractivity contribution in [2.24, 2.45) is 5.92 Å². The van der Waals surface area contributed by atoms with E-state index in [1.165, 1.54) is 15.3 Å². The number of thiophene rings is 1. The van der Waals surface area contributed by atoms with Gasteiger partial charge in [0.05, 0.1) is 0 Å². The van der Waals surface area contributed by atoms with Crippen molar-refractivity contribution in [3.8, 4) is 0 Å². The first kappa shape index (κ1) is 26.9. The first-order valence-corrected chi connectivity index (χ1v) is 13.4. The number of fused-ring (bicyclic) bond motifs is 1. The Morgan fingerprint density at radius 3 is 2.20 bits per heavy atom. The van der Waals surface area contributed by atoms with Crippen molar-refractivity contribution in [2.45, 2.75) is 71.9 Å². The molecule has 0 bridgehead atoms. The summed E-state index contributed by atoms with van der Waals surface area (Å²) in [5, 5.41) is 2.12. The number of rotatable bonds is 7. The van der Waals surface area contributed by atoms with Crippen LogP contribution in [0.2, 0.25) is 0 Å². The molecular weight excluding hydrogens is 458 g/mol. The van der Waals surface area contributed by atoms with Gasteiger partial charge in [-0.1, -0.05) is 32.4 Å². The summed E-state index contributed by atoms with van der Waals surface area (Å²) in [6.45, 7) is 10.2. The Labute approximate surface area is 213 Å². The first-order chi connectivity index (χ1) is 16.6. The van der Waals surface area contributed by atoms with Crippen LogP contribution in [0.5, 0.6) is 0 Å². The lowest BCUT2D eigenvalue weighted by atomic mass is 9.81. The average Bonchev–Trinajstić information content (AvgIpc) is 3.48. The summed E-state index contributed by atoms with van der Waals surface area (Å²) in [6.07, 6.45) is 2.49. The molecule has 4 unspecified atom stereocenters. The molecule has 0 radical (unpaired) electrons. The normalized spacial score (nSPS) is 22.1. The predicted molar refractivity (Wildman–Crippen MR) is 143 cm³/mol. The molecule has 190 valence electrons. The molecule has 3 heterocycles. The Morgan fingerprint density at radius 1 is 1.11 bits per heavy atom. The van der Waals surface area contributed by atoms with Crippen LogP contribution in [-0.2, 0) is 9.59 Å². The molecule has 0 saturated carbocycles. The number of urea groups is 1. The fourth-order valence-electron chi connectivity index (χ4n) is 5.14. The van der Waals surface area contributed by atoms with Crippen LogP contribution in [0.1, 0.15) is 62.0 Å². The minimum atomic E-state index is -0.572. The lowest BCUT2D eigenvalue weighted by Gasteiger charge is -2.27. The van der Waals surface area contributed by atoms with E-state index < -0.39 is 6.04 Å². The Kier molecular flexibility index (Phi) is 8.75. The second-order valence-corrected chi connectivity index (χ2v) is 10.9. The van der Waals surface area contributed by atoms with E-state index in [0.717, 1.165) is 30.5 Å². The van der Waals surface area contributed by atoms with E-state index in [2.05, 4.69) is 32.2 Å². The molecule has 2 saturated heterocycles. The van der Waals surface area contributed by atoms with Gasteiger partial charge >= 0.3 is 6.03 Å². The maximum atomic E-state index is 13.3. The van der Waals surface area contributed by atoms with Gasteiger partial charge in [-0.25, -0.2) is 4.79 Å². The minimum Gasteiger partial charge on any atom is -0.378 e. The molecule has 0 N–H and O–H groups in total. The average molecular weight is 498 g/mol. The zero-order valence-electron chi connectivity index (χ0n) is 22.1. The third kappa shape index (κ3) is 5.45. The highest BCUT2D eigenvalue weighted by molar-refractivity contribution is 7.10. The molecule has 6 nitrogen and oxygen atoms in total. The zero-order chi connectivity index (χ0) is 25.9. The third-order valence-corrected chi connectivity index (χ3v) is 8.29. The summed E-state index contributed by atoms with van der Waals surface area (Å²) in [5.41, 5.74) is 3.41. The molecule has 2 aliphatic rings. The van der Waals surface area contributed by atoms with Gasteiger partial charge in [-0.2, -0.15) is 0 Å². The lowest BCUT2D eigenvalue weighted by molar-refractivity contribution is -0.130. The molecule has 0 spiro atoms. The standard InChI is InChI=1S/C22H31N3O3.C6H8S/c1-6-8-16(7-2)25-21(27)20-19(15-9-11-17(12-10-15)23(4)5)18(14(3)26)13-24(20)22(25)28;1-5-3-4-7-6(5)2/h9-12,16,18-20H,6-8,13H2,1-5H3;3-4H,1-2H3. The third-order valence-electron chi connectivity index (χ3n) is 7.34. The number of carbonyl (C=O) groups is 3. The van der Waals surface area contributed by atoms with Gasteiger partial charge in [0.25, 0.3) is 5.91 Å². The smallest absolute Gasteiger partial charge is 0.327 e. The highest BCUT2D eigenvalue weighted by Crippen LogP contribution is 2.44. The summed E-state index contributed by atoms with van der Waals surface area (Å²) < 4.78 is 0. The van der Waals surface area contributed by atoms with Gasteiger partial charge in [0.1, 0.15) is 11.8 Å². The summed E-state index contributed by atoms with van der Waals surface area (Å²) in [6, 6.07) is 9.25. The van der Waals surface area contributed by atoms with Crippen molar-refractivity contribution < 1.29 is 14.4 Å². The molecule has 2 aromatic rings. The second-order valence-electron chi connectivity index (χ2n) is 9.83. The molecule has 1 aromatic heterocycles. The molecule has 0 aliphatic carbocycles. The van der Waals surface area contributed by atoms with E-state index in [1.54, 1.807) is 23.2 Å². The highest BCUT2D eigenvalue weighted by Gasteiger charge is 2.58. The van der Waals surface area contributed by atoms with Gasteiger partial charge in [-0.15, -0.1) is 11.3 Å². The van der Waals surface area contributed by atoms with Gasteiger partial charge in [0.2, 0.25) is 0 Å². The van der Waals surface area contributed by atoms with Crippen molar-refractivity contribution in [3.63, 3.8) is 0 Å². The predicted octanol–water partition coefficient (Wildman–Crippen LogP) is 5.63. The lowest BCUT2D eigenvalue weighted by Crippen LogP contribution is -2.43. The first-order valence-electron chi connectivity index (χ1n) is 12.5. The Hall–Kier alpha value is -2.67. The number of imide groups is 1. The summed E-state index contributed by atoms with van der Waals surface area (Å²) >= 11 is 1.80. The number of hydrogen-bond acceptors (Lipinski definition) is 5. The molecule has 2 fully saturated rings. The van der Waals surface area contributed by atoms with Crippen molar-refractivity contribution >= 4 is 34.7 Å². The van der Waals surface area contributed by atoms with Crippen molar-refractivity contribution in [2.75, 3.05) is 25.5 Å². The van der Waals surface area contributed by atoms with E-state index in [-0.39, 0.29) is 35.6 Å². The minimum absolute atomic E-state index is 0.0313. The van der Waals surface area contributed by atoms with Gasteiger partial charge in [-0.3, -0.25) is 14.5 Å². The van der Waals surface area contributed by atoms with Crippen LogP contribution in [0, 0.1) is 19.8 Å². The molecule has 4 rings (SSSR count). The fourth-order valence-corrected chi connectivity index (χ4v) is 5.87. The van der Waals surface area contributed by atoms with Crippen LogP contribution >= 0.6 is 11.3 Å². The number of aryl methyl sites for hydroxylation is 2. The number of carbonyl (C=O) groups excluding carboxylic acids is 3. The van der Waals surface area contributed by atoms with Crippen LogP contribution in [0.15, 0.2) is 35.7 Å². The van der Waals surface area contributed by atoms with Gasteiger partial charge in [0.15, 0.2) is 0 Å². The number of nitrogens with zero attached hydrogens (tertiary/aromatic N) is 3. The van der Waals surface area contributed by atoms with E-state index in [0.29, 0.717) is 6.54 Å². The van der Waals surface area contributed by atoms with Crippen molar-refractivity contribution in [3.05, 3.63) is 51.7 Å². The van der Waals surface area contributed by atoms with Crippen LogP contribution in [0.4, 0.5) is 10.5 Å². The summed E-state index contributed by atoms with van der Waals surface area (Å²) in [5.74, 6) is -0.731. The van der Waals surface area contributed by atoms with E-state index in [4.69, 9.17) is 0 Å². The molecule has 3 amide bonds. The van der Waals surface area contributed by atoms with Gasteiger partial charge in [0, 0.05) is 49.1 Å². The number of ketones is 1. The topological polar surface area (TPSA) is 60.9 Å². The maximum absolute atomic E-state index is 13.3. The number of Topliss-reactive ketones (excluding diaryl/α,β-unsaturated/α-hetero) is 1. The molecular formula is C28H39N3O3S. The monoisotopic (exact) mass is 497 g/mol. The van der Waals surface area contributed by atoms with Gasteiger partial charge in [-0.05, 0) is 68.3 Å². The van der Waals surface area contributed by atoms with E-state index >= 15 is 0 Å². The SMILES string of the molecule is CCCC(CC)N1C(=O)C2C(c3ccc(N(C)C)cc3)C(C(C)=O)CN2C1=O.Cc1ccsc1C. The summed E-state index contributed by atoms with van der Waals surface area (Å²) in [7, 11) is 3.95. The second kappa shape index (κ2) is 11.4. The van der Waals surface area contributed by atoms with Gasteiger partial charge < -0.3 is 9.80 Å². The van der Waals surface area contributed by atoms with Crippen LogP contribution in [0.3, 0.4) is 0 Å². The number of amides is 3. The quantitative estimate of drug-likeness (QED) is 0.465. The van der Waals surface area contributed by atoms with Crippen LogP contribution in [-0.4, -0.2) is 60.2 Å². The summed E-state index contributed by atoms with van der Waals surface area (Å²) in [4.78, 5) is 45.3. The Morgan fingerprint density at radius 2 is 1.77 bits per heavy atom. The molecule has 7 heteroatoms. The van der Waals surface area contributed by atoms with Crippen molar-refractivity contribution in [1.29, 1.82) is 0 Å².